The second kappa shape index (κ2) is 6.56. The molecule has 0 saturated carbocycles. The van der Waals surface area contributed by atoms with Crippen molar-refractivity contribution in [3.63, 3.8) is 0 Å². The second-order valence-electron chi connectivity index (χ2n) is 7.41. The van der Waals surface area contributed by atoms with E-state index in [1.54, 1.807) is 0 Å². The average molecular weight is 345 g/mol. The third kappa shape index (κ3) is 2.87. The predicted molar refractivity (Wildman–Crippen MR) is 105 cm³/mol. The van der Waals surface area contributed by atoms with Gasteiger partial charge in [0.15, 0.2) is 5.82 Å². The summed E-state index contributed by atoms with van der Waals surface area (Å²) in [4.78, 5) is 6.77. The maximum Gasteiger partial charge on any atom is 0.151 e. The van der Waals surface area contributed by atoms with E-state index in [4.69, 9.17) is 0 Å². The molecule has 1 aromatic carbocycles. The lowest BCUT2D eigenvalue weighted by Crippen LogP contribution is -2.50. The van der Waals surface area contributed by atoms with Crippen molar-refractivity contribution < 1.29 is 0 Å². The first-order chi connectivity index (χ1) is 12.9. The van der Waals surface area contributed by atoms with Gasteiger partial charge in [0.05, 0.1) is 11.2 Å². The number of fused-ring (bicyclic) bond motifs is 2. The lowest BCUT2D eigenvalue weighted by molar-refractivity contribution is 0.425. The second-order valence-corrected chi connectivity index (χ2v) is 7.41. The van der Waals surface area contributed by atoms with E-state index in [0.717, 1.165) is 43.8 Å². The fourth-order valence-electron chi connectivity index (χ4n) is 4.02. The van der Waals surface area contributed by atoms with Crippen LogP contribution < -0.4 is 10.2 Å². The number of nitrogens with zero attached hydrogens (tertiary/aromatic N) is 4. The standard InChI is InChI=1S/C21H23N5/c1-3-7-18-16(5-1)11-21(25-24-18)26-13-15(14-26)12-23-20-9-10-22-19-8-4-2-6-17(19)20/h2,4,6,8-11,15H,1,3,5,7,12-14H2,(H,22,23). The van der Waals surface area contributed by atoms with Gasteiger partial charge < -0.3 is 10.2 Å². The molecule has 132 valence electrons. The summed E-state index contributed by atoms with van der Waals surface area (Å²) in [6, 6.07) is 12.6. The molecular formula is C21H23N5. The number of rotatable bonds is 4. The van der Waals surface area contributed by atoms with Crippen molar-refractivity contribution in [3.8, 4) is 0 Å². The number of anilines is 2. The molecule has 5 nitrogen and oxygen atoms in total. The van der Waals surface area contributed by atoms with Crippen molar-refractivity contribution in [2.24, 2.45) is 5.92 Å². The van der Waals surface area contributed by atoms with Crippen molar-refractivity contribution in [2.45, 2.75) is 25.7 Å². The molecule has 2 aliphatic rings. The molecule has 1 aliphatic heterocycles. The highest BCUT2D eigenvalue weighted by Crippen LogP contribution is 2.28. The van der Waals surface area contributed by atoms with Gasteiger partial charge in [0.25, 0.3) is 0 Å². The minimum absolute atomic E-state index is 0.639. The van der Waals surface area contributed by atoms with Crippen LogP contribution in [-0.2, 0) is 12.8 Å². The van der Waals surface area contributed by atoms with Crippen LogP contribution in [0.3, 0.4) is 0 Å². The Morgan fingerprint density at radius 1 is 1.04 bits per heavy atom. The first kappa shape index (κ1) is 15.6. The van der Waals surface area contributed by atoms with Crippen molar-refractivity contribution >= 4 is 22.4 Å². The molecule has 3 aromatic rings. The van der Waals surface area contributed by atoms with Crippen LogP contribution in [0.2, 0.25) is 0 Å². The number of para-hydroxylation sites is 1. The van der Waals surface area contributed by atoms with Gasteiger partial charge in [-0.1, -0.05) is 18.2 Å². The number of benzene rings is 1. The van der Waals surface area contributed by atoms with Crippen LogP contribution >= 0.6 is 0 Å². The molecule has 1 saturated heterocycles. The summed E-state index contributed by atoms with van der Waals surface area (Å²) < 4.78 is 0. The highest BCUT2D eigenvalue weighted by Gasteiger charge is 2.28. The zero-order valence-corrected chi connectivity index (χ0v) is 14.9. The molecule has 1 fully saturated rings. The number of aromatic nitrogens is 3. The Morgan fingerprint density at radius 2 is 1.92 bits per heavy atom. The summed E-state index contributed by atoms with van der Waals surface area (Å²) in [5, 5.41) is 13.7. The molecule has 0 bridgehead atoms. The van der Waals surface area contributed by atoms with Gasteiger partial charge in [-0.05, 0) is 49.4 Å². The van der Waals surface area contributed by atoms with Crippen molar-refractivity contribution in [3.05, 3.63) is 53.9 Å². The minimum atomic E-state index is 0.639. The maximum atomic E-state index is 4.46. The van der Waals surface area contributed by atoms with E-state index in [0.29, 0.717) is 5.92 Å². The molecule has 0 spiro atoms. The Kier molecular flexibility index (Phi) is 3.92. The largest absolute Gasteiger partial charge is 0.384 e. The predicted octanol–water partition coefficient (Wildman–Crippen LogP) is 3.45. The number of hydrogen-bond acceptors (Lipinski definition) is 5. The first-order valence-electron chi connectivity index (χ1n) is 9.55. The van der Waals surface area contributed by atoms with Crippen molar-refractivity contribution in [1.82, 2.24) is 15.2 Å². The van der Waals surface area contributed by atoms with Crippen LogP contribution in [0.15, 0.2) is 42.6 Å². The number of pyridine rings is 1. The zero-order chi connectivity index (χ0) is 17.3. The SMILES string of the molecule is c1ccc2c(NCC3CN(c4cc5c(nn4)CCCC5)C3)ccnc2c1. The Bertz CT molecular complexity index is 927. The average Bonchev–Trinajstić information content (AvgIpc) is 2.67. The van der Waals surface area contributed by atoms with E-state index in [1.165, 1.54) is 35.2 Å². The summed E-state index contributed by atoms with van der Waals surface area (Å²) >= 11 is 0. The summed E-state index contributed by atoms with van der Waals surface area (Å²) in [6.45, 7) is 3.07. The Hall–Kier alpha value is -2.69. The topological polar surface area (TPSA) is 53.9 Å². The Labute approximate surface area is 153 Å². The van der Waals surface area contributed by atoms with Gasteiger partial charge in [-0.25, -0.2) is 0 Å². The van der Waals surface area contributed by atoms with Crippen LogP contribution in [0, 0.1) is 5.92 Å². The van der Waals surface area contributed by atoms with Gasteiger partial charge in [-0.15, -0.1) is 5.10 Å². The summed E-state index contributed by atoms with van der Waals surface area (Å²) in [5.74, 6) is 1.69. The summed E-state index contributed by atoms with van der Waals surface area (Å²) in [7, 11) is 0. The third-order valence-corrected chi connectivity index (χ3v) is 5.57. The molecule has 26 heavy (non-hydrogen) atoms. The first-order valence-corrected chi connectivity index (χ1v) is 9.55. The summed E-state index contributed by atoms with van der Waals surface area (Å²) in [6.07, 6.45) is 6.66. The lowest BCUT2D eigenvalue weighted by Gasteiger charge is -2.40. The number of hydrogen-bond donors (Lipinski definition) is 1. The van der Waals surface area contributed by atoms with E-state index in [-0.39, 0.29) is 0 Å². The van der Waals surface area contributed by atoms with Gasteiger partial charge in [0.1, 0.15) is 0 Å². The highest BCUT2D eigenvalue weighted by molar-refractivity contribution is 5.90. The van der Waals surface area contributed by atoms with Gasteiger partial charge in [-0.3, -0.25) is 4.98 Å². The molecule has 0 atom stereocenters. The van der Waals surface area contributed by atoms with E-state index >= 15 is 0 Å². The normalized spacial score (nSPS) is 17.0. The van der Waals surface area contributed by atoms with Gasteiger partial charge in [0, 0.05) is 42.8 Å². The number of nitrogens with one attached hydrogen (secondary N) is 1. The van der Waals surface area contributed by atoms with Gasteiger partial charge >= 0.3 is 0 Å². The lowest BCUT2D eigenvalue weighted by atomic mass is 9.95. The van der Waals surface area contributed by atoms with E-state index < -0.39 is 0 Å². The maximum absolute atomic E-state index is 4.46. The Balaban J connectivity index is 1.21. The quantitative estimate of drug-likeness (QED) is 0.785. The van der Waals surface area contributed by atoms with E-state index in [2.05, 4.69) is 55.7 Å². The van der Waals surface area contributed by atoms with Crippen LogP contribution in [0.1, 0.15) is 24.1 Å². The molecule has 3 heterocycles. The zero-order valence-electron chi connectivity index (χ0n) is 14.9. The van der Waals surface area contributed by atoms with Gasteiger partial charge in [-0.2, -0.15) is 5.10 Å². The monoisotopic (exact) mass is 345 g/mol. The fraction of sp³-hybridized carbons (Fsp3) is 0.381. The molecule has 5 rings (SSSR count). The number of aryl methyl sites for hydroxylation is 2. The molecule has 5 heteroatoms. The molecule has 2 aromatic heterocycles. The molecule has 1 aliphatic carbocycles. The van der Waals surface area contributed by atoms with Crippen LogP contribution in [0.5, 0.6) is 0 Å². The van der Waals surface area contributed by atoms with Crippen LogP contribution in [0.25, 0.3) is 10.9 Å². The van der Waals surface area contributed by atoms with E-state index in [9.17, 15) is 0 Å². The minimum Gasteiger partial charge on any atom is -0.384 e. The molecule has 0 unspecified atom stereocenters. The Morgan fingerprint density at radius 3 is 2.88 bits per heavy atom. The molecule has 0 radical (unpaired) electrons. The molecule has 1 N–H and O–H groups in total. The van der Waals surface area contributed by atoms with Crippen molar-refractivity contribution in [2.75, 3.05) is 29.9 Å². The molecule has 0 amide bonds. The highest BCUT2D eigenvalue weighted by atomic mass is 15.3. The summed E-state index contributed by atoms with van der Waals surface area (Å²) in [5.41, 5.74) is 4.83. The van der Waals surface area contributed by atoms with E-state index in [1.807, 2.05) is 12.3 Å². The smallest absolute Gasteiger partial charge is 0.151 e. The van der Waals surface area contributed by atoms with Crippen LogP contribution in [-0.4, -0.2) is 34.8 Å². The van der Waals surface area contributed by atoms with Gasteiger partial charge in [0.2, 0.25) is 0 Å². The fourth-order valence-corrected chi connectivity index (χ4v) is 4.02. The molecular weight excluding hydrogens is 322 g/mol. The third-order valence-electron chi connectivity index (χ3n) is 5.57. The van der Waals surface area contributed by atoms with Crippen molar-refractivity contribution in [1.29, 1.82) is 0 Å². The van der Waals surface area contributed by atoms with Crippen LogP contribution in [0.4, 0.5) is 11.5 Å².